The molecule has 0 aromatic heterocycles. The van der Waals surface area contributed by atoms with E-state index in [-0.39, 0.29) is 23.9 Å². The molecular weight excluding hydrogens is 450 g/mol. The monoisotopic (exact) mass is 501 g/mol. The Balaban J connectivity index is 0. The van der Waals surface area contributed by atoms with Gasteiger partial charge in [-0.15, -0.1) is 0 Å². The van der Waals surface area contributed by atoms with Crippen LogP contribution in [0.3, 0.4) is 0 Å². The predicted octanol–water partition coefficient (Wildman–Crippen LogP) is 3.78. The number of allylic oxidation sites excluding steroid dienone is 6. The van der Waals surface area contributed by atoms with E-state index < -0.39 is 0 Å². The Labute approximate surface area is 213 Å². The van der Waals surface area contributed by atoms with Crippen LogP contribution in [0.15, 0.2) is 46.7 Å². The highest BCUT2D eigenvalue weighted by atomic mass is 35.5. The quantitative estimate of drug-likeness (QED) is 0.526. The van der Waals surface area contributed by atoms with Crippen molar-refractivity contribution in [2.75, 3.05) is 32.7 Å². The number of likely N-dealkylation sites (tertiary alicyclic amines) is 1. The molecule has 3 aliphatic rings. The van der Waals surface area contributed by atoms with E-state index >= 15 is 0 Å². The predicted molar refractivity (Wildman–Crippen MR) is 148 cm³/mol. The molecule has 2 aliphatic heterocycles. The summed E-state index contributed by atoms with van der Waals surface area (Å²) in [5.74, 6) is 1.30. The topological polar surface area (TPSA) is 122 Å². The molecule has 0 aromatic carbocycles. The molecule has 34 heavy (non-hydrogen) atoms. The molecule has 200 valence electrons. The molecular formula is C27H52ClN3O3. The Kier molecular flexibility index (Phi) is 17.0. The van der Waals surface area contributed by atoms with Gasteiger partial charge >= 0.3 is 0 Å². The van der Waals surface area contributed by atoms with Gasteiger partial charge < -0.3 is 32.0 Å². The second-order valence-electron chi connectivity index (χ2n) is 10.3. The van der Waals surface area contributed by atoms with Crippen molar-refractivity contribution in [1.82, 2.24) is 15.5 Å². The van der Waals surface area contributed by atoms with Crippen LogP contribution in [-0.2, 0) is 0 Å². The third-order valence-electron chi connectivity index (χ3n) is 7.02. The van der Waals surface area contributed by atoms with Crippen molar-refractivity contribution in [2.45, 2.75) is 73.3 Å². The number of hydrogen-bond acceptors (Lipinski definition) is 3. The number of halogens is 1. The molecule has 0 radical (unpaired) electrons. The number of hydrogen-bond donors (Lipinski definition) is 2. The summed E-state index contributed by atoms with van der Waals surface area (Å²) in [5.41, 5.74) is 3.20. The first-order valence-electron chi connectivity index (χ1n) is 12.0. The highest BCUT2D eigenvalue weighted by molar-refractivity contribution is 6.29. The van der Waals surface area contributed by atoms with Crippen LogP contribution in [0, 0.1) is 17.3 Å². The molecule has 8 N–H and O–H groups in total. The van der Waals surface area contributed by atoms with Crippen LogP contribution in [0.2, 0.25) is 0 Å². The third-order valence-corrected chi connectivity index (χ3v) is 7.33. The first-order chi connectivity index (χ1) is 14.3. The van der Waals surface area contributed by atoms with Gasteiger partial charge in [-0.1, -0.05) is 70.5 Å². The van der Waals surface area contributed by atoms with E-state index in [0.29, 0.717) is 23.3 Å². The number of piperidine rings is 1. The standard InChI is InChI=1S/C26H42ClN3.CH4.3H2O/c1-20(2)25(29-16-7-9-23-8-5-6-15-28-23)18-30-17-14-24(26(3,4)19-30)21-10-12-22(27)13-11-21;;;;/h7-10,12,20,24-25,28-29H,5-6,11,13-19H2,1-4H3;1H4;3*1H2/b9-7+;;;;/t24?,25-;;;;/m0..../s1. The van der Waals surface area contributed by atoms with Crippen LogP contribution in [0.5, 0.6) is 0 Å². The molecule has 1 fully saturated rings. The normalized spacial score (nSPS) is 23.1. The number of rotatable bonds is 8. The second-order valence-corrected chi connectivity index (χ2v) is 10.8. The van der Waals surface area contributed by atoms with Crippen molar-refractivity contribution in [3.8, 4) is 0 Å². The summed E-state index contributed by atoms with van der Waals surface area (Å²) >= 11 is 6.19. The molecule has 1 unspecified atom stereocenters. The van der Waals surface area contributed by atoms with Crippen molar-refractivity contribution in [2.24, 2.45) is 17.3 Å². The zero-order valence-electron chi connectivity index (χ0n) is 21.0. The summed E-state index contributed by atoms with van der Waals surface area (Å²) in [7, 11) is 0. The first kappa shape index (κ1) is 35.0. The fraction of sp³-hybridized carbons (Fsp3) is 0.704. The van der Waals surface area contributed by atoms with Gasteiger partial charge in [0.1, 0.15) is 0 Å². The molecule has 0 amide bonds. The van der Waals surface area contributed by atoms with Crippen molar-refractivity contribution < 1.29 is 16.4 Å². The minimum absolute atomic E-state index is 0. The molecule has 7 heteroatoms. The highest BCUT2D eigenvalue weighted by Crippen LogP contribution is 2.42. The third kappa shape index (κ3) is 10.2. The molecule has 1 saturated heterocycles. The highest BCUT2D eigenvalue weighted by Gasteiger charge is 2.38. The maximum absolute atomic E-state index is 6.19. The smallest absolute Gasteiger partial charge is 0.0296 e. The second kappa shape index (κ2) is 16.5. The lowest BCUT2D eigenvalue weighted by Gasteiger charge is -2.47. The summed E-state index contributed by atoms with van der Waals surface area (Å²) < 4.78 is 0. The van der Waals surface area contributed by atoms with Crippen LogP contribution >= 0.6 is 11.6 Å². The summed E-state index contributed by atoms with van der Waals surface area (Å²) in [4.78, 5) is 2.69. The lowest BCUT2D eigenvalue weighted by Crippen LogP contribution is -2.52. The lowest BCUT2D eigenvalue weighted by molar-refractivity contribution is 0.0609. The average Bonchev–Trinajstić information content (AvgIpc) is 2.71. The average molecular weight is 502 g/mol. The molecule has 6 nitrogen and oxygen atoms in total. The maximum atomic E-state index is 6.19. The summed E-state index contributed by atoms with van der Waals surface area (Å²) in [6.07, 6.45) is 17.1. The van der Waals surface area contributed by atoms with E-state index in [1.54, 1.807) is 5.57 Å². The number of nitrogens with one attached hydrogen (secondary N) is 2. The van der Waals surface area contributed by atoms with Gasteiger partial charge in [-0.05, 0) is 68.1 Å². The minimum Gasteiger partial charge on any atom is -0.412 e. The molecule has 0 bridgehead atoms. The Morgan fingerprint density at radius 2 is 1.94 bits per heavy atom. The molecule has 2 heterocycles. The Hall–Kier alpha value is -1.15. The lowest BCUT2D eigenvalue weighted by atomic mass is 9.68. The van der Waals surface area contributed by atoms with Crippen molar-refractivity contribution >= 4 is 11.6 Å². The van der Waals surface area contributed by atoms with Crippen LogP contribution in [-0.4, -0.2) is 60.1 Å². The van der Waals surface area contributed by atoms with Gasteiger partial charge in [-0.25, -0.2) is 0 Å². The molecule has 2 atom stereocenters. The zero-order valence-corrected chi connectivity index (χ0v) is 21.8. The largest absolute Gasteiger partial charge is 0.412 e. The van der Waals surface area contributed by atoms with Crippen LogP contribution in [0.25, 0.3) is 0 Å². The molecule has 0 saturated carbocycles. The van der Waals surface area contributed by atoms with E-state index in [0.717, 1.165) is 37.5 Å². The molecule has 0 spiro atoms. The van der Waals surface area contributed by atoms with E-state index in [1.807, 2.05) is 0 Å². The summed E-state index contributed by atoms with van der Waals surface area (Å²) in [5, 5.41) is 8.26. The van der Waals surface area contributed by atoms with Gasteiger partial charge in [-0.3, -0.25) is 0 Å². The fourth-order valence-corrected chi connectivity index (χ4v) is 5.37. The minimum atomic E-state index is 0. The van der Waals surface area contributed by atoms with Gasteiger partial charge in [-0.2, -0.15) is 0 Å². The van der Waals surface area contributed by atoms with Gasteiger partial charge in [0.05, 0.1) is 0 Å². The zero-order chi connectivity index (χ0) is 21.6. The van der Waals surface area contributed by atoms with E-state index in [4.69, 9.17) is 11.6 Å². The van der Waals surface area contributed by atoms with Gasteiger partial charge in [0, 0.05) is 43.0 Å². The summed E-state index contributed by atoms with van der Waals surface area (Å²) in [6.45, 7) is 15.1. The maximum Gasteiger partial charge on any atom is 0.0296 e. The fourth-order valence-electron chi connectivity index (χ4n) is 5.22. The van der Waals surface area contributed by atoms with E-state index in [9.17, 15) is 0 Å². The number of nitrogens with zero attached hydrogens (tertiary/aromatic N) is 1. The first-order valence-corrected chi connectivity index (χ1v) is 12.3. The van der Waals surface area contributed by atoms with Crippen LogP contribution in [0.4, 0.5) is 0 Å². The Morgan fingerprint density at radius 3 is 2.50 bits per heavy atom. The molecule has 3 rings (SSSR count). The van der Waals surface area contributed by atoms with Crippen LogP contribution in [0.1, 0.15) is 67.2 Å². The van der Waals surface area contributed by atoms with Gasteiger partial charge in [0.25, 0.3) is 0 Å². The van der Waals surface area contributed by atoms with Crippen molar-refractivity contribution in [3.05, 3.63) is 46.7 Å². The van der Waals surface area contributed by atoms with E-state index in [2.05, 4.69) is 73.6 Å². The molecule has 1 aliphatic carbocycles. The van der Waals surface area contributed by atoms with Gasteiger partial charge in [0.15, 0.2) is 0 Å². The van der Waals surface area contributed by atoms with Crippen LogP contribution < -0.4 is 10.6 Å². The SMILES string of the molecule is C.CC(C)[C@H](CN1CCC(C2=CC=C(Cl)CC2)C(C)(C)C1)NC/C=C/C1=CCCCN1.O.O.O. The van der Waals surface area contributed by atoms with E-state index in [1.165, 1.54) is 38.0 Å². The summed E-state index contributed by atoms with van der Waals surface area (Å²) in [6, 6.07) is 0.519. The molecule has 0 aromatic rings. The van der Waals surface area contributed by atoms with Gasteiger partial charge in [0.2, 0.25) is 0 Å². The Morgan fingerprint density at radius 1 is 1.21 bits per heavy atom. The van der Waals surface area contributed by atoms with Crippen molar-refractivity contribution in [3.63, 3.8) is 0 Å². The van der Waals surface area contributed by atoms with Crippen molar-refractivity contribution in [1.29, 1.82) is 0 Å². The Bertz CT molecular complexity index is 701.